The molecule has 0 spiro atoms. The first kappa shape index (κ1) is 21.8. The second kappa shape index (κ2) is 9.39. The van der Waals surface area contributed by atoms with Gasteiger partial charge in [-0.3, -0.25) is 9.78 Å². The van der Waals surface area contributed by atoms with Crippen LogP contribution in [0.3, 0.4) is 0 Å². The lowest BCUT2D eigenvalue weighted by molar-refractivity contribution is -0.142. The molecule has 164 valence electrons. The number of aliphatic hydroxyl groups is 2. The van der Waals surface area contributed by atoms with E-state index in [-0.39, 0.29) is 6.42 Å². The highest BCUT2D eigenvalue weighted by molar-refractivity contribution is 7.99. The van der Waals surface area contributed by atoms with Crippen molar-refractivity contribution in [3.05, 3.63) is 29.8 Å². The van der Waals surface area contributed by atoms with E-state index in [1.54, 1.807) is 24.0 Å². The van der Waals surface area contributed by atoms with E-state index < -0.39 is 24.0 Å². The van der Waals surface area contributed by atoms with Crippen LogP contribution in [0.15, 0.2) is 22.7 Å². The molecule has 2 fully saturated rings. The molecule has 0 bridgehead atoms. The number of thioether (sulfide) groups is 1. The Morgan fingerprint density at radius 3 is 2.80 bits per heavy atom. The van der Waals surface area contributed by atoms with Crippen LogP contribution in [0, 0.1) is 11.8 Å². The SMILES string of the molecule is N[C@@H](CSCC1CCC1)[C@](O)(Cc1nccc2oc(CCC3CC3)cc12)C(=O)CO. The molecule has 0 saturated heterocycles. The normalized spacial score (nSPS) is 20.1. The highest BCUT2D eigenvalue weighted by Gasteiger charge is 2.42. The second-order valence-electron chi connectivity index (χ2n) is 8.99. The molecule has 30 heavy (non-hydrogen) atoms. The molecule has 2 saturated carbocycles. The van der Waals surface area contributed by atoms with Gasteiger partial charge >= 0.3 is 0 Å². The Kier molecular flexibility index (Phi) is 6.82. The molecule has 0 amide bonds. The third-order valence-electron chi connectivity index (χ3n) is 6.63. The Morgan fingerprint density at radius 2 is 2.13 bits per heavy atom. The zero-order valence-corrected chi connectivity index (χ0v) is 18.2. The number of pyridine rings is 1. The number of ketones is 1. The van der Waals surface area contributed by atoms with Crippen molar-refractivity contribution in [1.29, 1.82) is 0 Å². The smallest absolute Gasteiger partial charge is 0.191 e. The Balaban J connectivity index is 1.49. The van der Waals surface area contributed by atoms with Crippen molar-refractivity contribution in [3.8, 4) is 0 Å². The van der Waals surface area contributed by atoms with E-state index in [0.717, 1.165) is 41.6 Å². The first-order valence-corrected chi connectivity index (χ1v) is 12.2. The number of hydrogen-bond acceptors (Lipinski definition) is 7. The van der Waals surface area contributed by atoms with Crippen LogP contribution < -0.4 is 5.73 Å². The number of carbonyl (C=O) groups excluding carboxylic acids is 1. The van der Waals surface area contributed by atoms with Gasteiger partial charge < -0.3 is 20.4 Å². The Labute approximate surface area is 181 Å². The fraction of sp³-hybridized carbons (Fsp3) is 0.652. The molecule has 0 aromatic carbocycles. The zero-order valence-electron chi connectivity index (χ0n) is 17.4. The van der Waals surface area contributed by atoms with Gasteiger partial charge in [0, 0.05) is 30.2 Å². The van der Waals surface area contributed by atoms with Gasteiger partial charge in [0.05, 0.1) is 11.7 Å². The number of hydrogen-bond donors (Lipinski definition) is 3. The van der Waals surface area contributed by atoms with Crippen molar-refractivity contribution in [3.63, 3.8) is 0 Å². The Bertz CT molecular complexity index is 877. The van der Waals surface area contributed by atoms with Gasteiger partial charge in [-0.1, -0.05) is 19.3 Å². The van der Waals surface area contributed by atoms with Crippen LogP contribution in [0.1, 0.15) is 50.0 Å². The highest BCUT2D eigenvalue weighted by atomic mass is 32.2. The van der Waals surface area contributed by atoms with Crippen molar-refractivity contribution in [1.82, 2.24) is 4.98 Å². The number of fused-ring (bicyclic) bond motifs is 1. The number of aryl methyl sites for hydroxylation is 1. The first-order valence-electron chi connectivity index (χ1n) is 11.1. The second-order valence-corrected chi connectivity index (χ2v) is 10.1. The quantitative estimate of drug-likeness (QED) is 0.473. The third-order valence-corrected chi connectivity index (χ3v) is 7.93. The van der Waals surface area contributed by atoms with Gasteiger partial charge in [-0.25, -0.2) is 0 Å². The predicted octanol–water partition coefficient (Wildman–Crippen LogP) is 2.87. The predicted molar refractivity (Wildman–Crippen MR) is 118 cm³/mol. The largest absolute Gasteiger partial charge is 0.461 e. The van der Waals surface area contributed by atoms with Crippen molar-refractivity contribution >= 4 is 28.5 Å². The summed E-state index contributed by atoms with van der Waals surface area (Å²) in [7, 11) is 0. The van der Waals surface area contributed by atoms with E-state index in [1.165, 1.54) is 32.1 Å². The summed E-state index contributed by atoms with van der Waals surface area (Å²) in [6.07, 6.45) is 10.00. The van der Waals surface area contributed by atoms with E-state index in [1.807, 2.05) is 6.07 Å². The Morgan fingerprint density at radius 1 is 1.33 bits per heavy atom. The maximum atomic E-state index is 12.5. The summed E-state index contributed by atoms with van der Waals surface area (Å²) in [6, 6.07) is 3.00. The summed E-state index contributed by atoms with van der Waals surface area (Å²) in [4.78, 5) is 17.0. The van der Waals surface area contributed by atoms with Crippen LogP contribution in [0.25, 0.3) is 11.0 Å². The highest BCUT2D eigenvalue weighted by Crippen LogP contribution is 2.35. The molecule has 0 aliphatic heterocycles. The molecular weight excluding hydrogens is 400 g/mol. The van der Waals surface area contributed by atoms with Crippen molar-refractivity contribution < 1.29 is 19.4 Å². The first-order chi connectivity index (χ1) is 14.5. The summed E-state index contributed by atoms with van der Waals surface area (Å²) in [5, 5.41) is 21.6. The van der Waals surface area contributed by atoms with Crippen LogP contribution in [0.4, 0.5) is 0 Å². The average molecular weight is 433 g/mol. The molecule has 4 N–H and O–H groups in total. The molecule has 2 aromatic heterocycles. The summed E-state index contributed by atoms with van der Waals surface area (Å²) in [5.41, 5.74) is 5.74. The minimum atomic E-state index is -1.85. The van der Waals surface area contributed by atoms with Gasteiger partial charge in [0.2, 0.25) is 0 Å². The van der Waals surface area contributed by atoms with E-state index in [0.29, 0.717) is 17.0 Å². The van der Waals surface area contributed by atoms with Gasteiger partial charge in [0.1, 0.15) is 23.6 Å². The van der Waals surface area contributed by atoms with Gasteiger partial charge in [-0.2, -0.15) is 11.8 Å². The minimum absolute atomic E-state index is 0.0313. The van der Waals surface area contributed by atoms with Crippen LogP contribution in [0.2, 0.25) is 0 Å². The number of Topliss-reactive ketones (excluding diaryl/α,β-unsaturated/α-hetero) is 1. The fourth-order valence-corrected chi connectivity index (χ4v) is 5.41. The van der Waals surface area contributed by atoms with Crippen molar-refractivity contribution in [2.45, 2.75) is 63.0 Å². The maximum absolute atomic E-state index is 12.5. The van der Waals surface area contributed by atoms with Gasteiger partial charge in [0.25, 0.3) is 0 Å². The molecule has 2 aliphatic carbocycles. The number of aromatic nitrogens is 1. The third kappa shape index (κ3) is 4.90. The average Bonchev–Trinajstić information content (AvgIpc) is 3.44. The maximum Gasteiger partial charge on any atom is 0.191 e. The number of rotatable bonds is 12. The topological polar surface area (TPSA) is 110 Å². The lowest BCUT2D eigenvalue weighted by Crippen LogP contribution is -2.58. The summed E-state index contributed by atoms with van der Waals surface area (Å²) >= 11 is 1.68. The van der Waals surface area contributed by atoms with Gasteiger partial charge in [-0.05, 0) is 49.0 Å². The van der Waals surface area contributed by atoms with Crippen LogP contribution in [0.5, 0.6) is 0 Å². The van der Waals surface area contributed by atoms with Crippen LogP contribution in [-0.4, -0.2) is 50.7 Å². The molecular formula is C23H32N2O4S. The molecule has 4 rings (SSSR count). The fourth-order valence-electron chi connectivity index (χ4n) is 4.08. The zero-order chi connectivity index (χ0) is 21.1. The van der Waals surface area contributed by atoms with E-state index >= 15 is 0 Å². The molecule has 0 unspecified atom stereocenters. The van der Waals surface area contributed by atoms with E-state index in [9.17, 15) is 15.0 Å². The molecule has 2 aliphatic rings. The Hall–Kier alpha value is -1.41. The van der Waals surface area contributed by atoms with Crippen molar-refractivity contribution in [2.24, 2.45) is 17.6 Å². The minimum Gasteiger partial charge on any atom is -0.461 e. The number of carbonyl (C=O) groups is 1. The summed E-state index contributed by atoms with van der Waals surface area (Å²) < 4.78 is 5.97. The molecule has 2 aromatic rings. The van der Waals surface area contributed by atoms with Crippen LogP contribution >= 0.6 is 11.8 Å². The number of nitrogens with two attached hydrogens (primary N) is 1. The molecule has 0 radical (unpaired) electrons. The number of aliphatic hydroxyl groups excluding tert-OH is 1. The lowest BCUT2D eigenvalue weighted by Gasteiger charge is -2.32. The monoisotopic (exact) mass is 432 g/mol. The molecule has 7 heteroatoms. The van der Waals surface area contributed by atoms with E-state index in [4.69, 9.17) is 10.2 Å². The number of nitrogens with zero attached hydrogens (tertiary/aromatic N) is 1. The van der Waals surface area contributed by atoms with Crippen molar-refractivity contribution in [2.75, 3.05) is 18.1 Å². The van der Waals surface area contributed by atoms with Gasteiger partial charge in [-0.15, -0.1) is 0 Å². The number of furan rings is 1. The standard InChI is InChI=1S/C23H32N2O4S/c24-21(14-30-13-16-2-1-3-16)23(28,22(27)12-26)11-19-18-10-17(7-6-15-4-5-15)29-20(18)8-9-25-19/h8-10,15-16,21,26,28H,1-7,11-14,24H2/t21-,23+/m0/s1. The lowest BCUT2D eigenvalue weighted by atomic mass is 9.85. The van der Waals surface area contributed by atoms with Crippen LogP contribution in [-0.2, 0) is 17.6 Å². The summed E-state index contributed by atoms with van der Waals surface area (Å²) in [6.45, 7) is -0.745. The van der Waals surface area contributed by atoms with E-state index in [2.05, 4.69) is 4.98 Å². The van der Waals surface area contributed by atoms with Gasteiger partial charge in [0.15, 0.2) is 5.78 Å². The summed E-state index contributed by atoms with van der Waals surface area (Å²) in [5.74, 6) is 3.25. The molecule has 6 nitrogen and oxygen atoms in total. The molecule has 2 heterocycles. The molecule has 2 atom stereocenters.